The summed E-state index contributed by atoms with van der Waals surface area (Å²) in [7, 11) is 3.74. The molecule has 17 heterocycles. The predicted molar refractivity (Wildman–Crippen MR) is 546 cm³/mol. The lowest BCUT2D eigenvalue weighted by atomic mass is 10.1. The molecule has 5 aliphatic rings. The Balaban J connectivity index is 0.000000109. The van der Waals surface area contributed by atoms with Gasteiger partial charge in [0.05, 0.1) is 137 Å². The molecule has 23 rings (SSSR count). The van der Waals surface area contributed by atoms with E-state index in [4.69, 9.17) is 79.5 Å². The first-order chi connectivity index (χ1) is 67.1. The maximum Gasteiger partial charge on any atom is 0.239 e. The van der Waals surface area contributed by atoms with Gasteiger partial charge in [-0.25, -0.2) is 28.1 Å². The van der Waals surface area contributed by atoms with Gasteiger partial charge in [0.1, 0.15) is 0 Å². The molecule has 0 saturated carbocycles. The number of benzene rings is 6. The lowest BCUT2D eigenvalue weighted by Gasteiger charge is -2.32. The number of morpholine rings is 1. The molecule has 0 aliphatic carbocycles. The smallest absolute Gasteiger partial charge is 0.239 e. The second-order valence-corrected chi connectivity index (χ2v) is 35.3. The topological polar surface area (TPSA) is 325 Å². The van der Waals surface area contributed by atoms with Crippen LogP contribution in [0.5, 0.6) is 0 Å². The molecule has 0 spiro atoms. The summed E-state index contributed by atoms with van der Waals surface area (Å²) in [5.41, 5.74) is 28.8. The summed E-state index contributed by atoms with van der Waals surface area (Å²) in [5.74, 6) is 5.82. The number of hydrogen-bond donors (Lipinski definition) is 4. The minimum atomic E-state index is 0.0309. The molecule has 6 N–H and O–H groups in total. The first-order valence-electron chi connectivity index (χ1n) is 46.4. The minimum absolute atomic E-state index is 0.0309. The van der Waals surface area contributed by atoms with Crippen LogP contribution in [0.3, 0.4) is 0 Å². The zero-order valence-electron chi connectivity index (χ0n) is 77.7. The number of fused-ring (bicyclic) bond motifs is 6. The van der Waals surface area contributed by atoms with Crippen molar-refractivity contribution >= 4 is 129 Å². The van der Waals surface area contributed by atoms with E-state index in [0.717, 1.165) is 250 Å². The molecule has 18 aromatic rings. The molecule has 1 atom stereocenters. The second-order valence-electron chi connectivity index (χ2n) is 34.4. The van der Waals surface area contributed by atoms with Crippen molar-refractivity contribution in [3.8, 4) is 34.1 Å². The van der Waals surface area contributed by atoms with E-state index in [1.165, 1.54) is 22.3 Å². The van der Waals surface area contributed by atoms with Crippen molar-refractivity contribution in [2.75, 3.05) is 168 Å². The molecule has 0 radical (unpaired) electrons. The fourth-order valence-electron chi connectivity index (χ4n) is 17.4. The lowest BCUT2D eigenvalue weighted by molar-refractivity contribution is -0.120. The van der Waals surface area contributed by atoms with Gasteiger partial charge in [-0.2, -0.15) is 0 Å². The molecule has 1 unspecified atom stereocenters. The van der Waals surface area contributed by atoms with Gasteiger partial charge < -0.3 is 65.7 Å². The molecule has 5 aliphatic heterocycles. The quantitative estimate of drug-likeness (QED) is 0.0698. The second kappa shape index (κ2) is 43.5. The van der Waals surface area contributed by atoms with Crippen molar-refractivity contribution < 1.29 is 19.0 Å². The zero-order valence-corrected chi connectivity index (χ0v) is 79.2. The van der Waals surface area contributed by atoms with Crippen LogP contribution in [0.15, 0.2) is 256 Å². The maximum atomic E-state index is 11.7. The number of methoxy groups -OCH3 is 1. The Morgan fingerprint density at radius 2 is 0.737 bits per heavy atom. The van der Waals surface area contributed by atoms with Crippen LogP contribution in [0.4, 0.5) is 34.9 Å². The van der Waals surface area contributed by atoms with E-state index in [1.807, 2.05) is 199 Å². The van der Waals surface area contributed by atoms with Crippen molar-refractivity contribution in [3.63, 3.8) is 0 Å². The number of carbonyl (C=O) groups is 1. The van der Waals surface area contributed by atoms with Gasteiger partial charge in [0.15, 0.2) is 34.9 Å². The van der Waals surface area contributed by atoms with Gasteiger partial charge in [-0.1, -0.05) is 94.0 Å². The molecule has 12 aromatic heterocycles. The first kappa shape index (κ1) is 93.1. The van der Waals surface area contributed by atoms with Gasteiger partial charge in [-0.15, -0.1) is 30.6 Å². The molecule has 137 heavy (non-hydrogen) atoms. The van der Waals surface area contributed by atoms with E-state index in [2.05, 4.69) is 178 Å². The van der Waals surface area contributed by atoms with E-state index in [-0.39, 0.29) is 12.0 Å². The van der Waals surface area contributed by atoms with Crippen molar-refractivity contribution in [2.24, 2.45) is 11.5 Å². The van der Waals surface area contributed by atoms with Gasteiger partial charge in [-0.05, 0) is 180 Å². The summed E-state index contributed by atoms with van der Waals surface area (Å²) in [6, 6.07) is 61.1. The Hall–Kier alpha value is -14.4. The lowest BCUT2D eigenvalue weighted by Crippen LogP contribution is -2.47. The van der Waals surface area contributed by atoms with Crippen molar-refractivity contribution in [1.82, 2.24) is 99.2 Å². The van der Waals surface area contributed by atoms with E-state index in [9.17, 15) is 4.79 Å². The van der Waals surface area contributed by atoms with Crippen LogP contribution in [0.1, 0.15) is 41.5 Å². The van der Waals surface area contributed by atoms with Crippen LogP contribution in [0.25, 0.3) is 99.5 Å². The third kappa shape index (κ3) is 21.5. The number of ether oxygens (including phenoxy) is 3. The highest BCUT2D eigenvalue weighted by atomic mass is 35.5. The fourth-order valence-corrected chi connectivity index (χ4v) is 17.6. The minimum Gasteiger partial charge on any atom is -0.383 e. The molecule has 5 saturated heterocycles. The number of carbonyl (C=O) groups excluding carboxylic acids is 1. The summed E-state index contributed by atoms with van der Waals surface area (Å²) in [5, 5.41) is 43.3. The number of rotatable bonds is 16. The number of likely N-dealkylation sites (N-methyl/N-ethyl adjacent to an activating group) is 1. The summed E-state index contributed by atoms with van der Waals surface area (Å²) in [4.78, 5) is 50.6. The Morgan fingerprint density at radius 1 is 0.401 bits per heavy atom. The summed E-state index contributed by atoms with van der Waals surface area (Å²) in [6.45, 7) is 23.5. The Labute approximate surface area is 804 Å². The number of piperazine rings is 2. The number of aromatic nitrogens is 18. The third-order valence-corrected chi connectivity index (χ3v) is 25.4. The van der Waals surface area contributed by atoms with Gasteiger partial charge in [0, 0.05) is 198 Å². The highest BCUT2D eigenvalue weighted by molar-refractivity contribution is 6.31. The molecular formula is C103H112Cl2N28O4. The highest BCUT2D eigenvalue weighted by Crippen LogP contribution is 2.37. The van der Waals surface area contributed by atoms with Crippen molar-refractivity contribution in [3.05, 3.63) is 289 Å². The van der Waals surface area contributed by atoms with Crippen molar-refractivity contribution in [2.45, 2.75) is 59.1 Å². The van der Waals surface area contributed by atoms with Gasteiger partial charge in [0.2, 0.25) is 5.91 Å². The third-order valence-electron chi connectivity index (χ3n) is 24.8. The van der Waals surface area contributed by atoms with Gasteiger partial charge in [-0.3, -0.25) is 34.7 Å². The first-order valence-corrected chi connectivity index (χ1v) is 47.2. The number of pyridine rings is 6. The Morgan fingerprint density at radius 3 is 1.12 bits per heavy atom. The summed E-state index contributed by atoms with van der Waals surface area (Å²) < 4.78 is 28.1. The predicted octanol–water partition coefficient (Wildman–Crippen LogP) is 14.8. The van der Waals surface area contributed by atoms with Crippen LogP contribution in [-0.2, 0) is 19.0 Å². The summed E-state index contributed by atoms with van der Waals surface area (Å²) >= 11 is 12.0. The van der Waals surface area contributed by atoms with E-state index in [0.29, 0.717) is 43.9 Å². The Bertz CT molecular complexity index is 7070. The molecule has 6 aromatic carbocycles. The maximum absolute atomic E-state index is 11.7. The SMILES string of the molecule is COCCN(C)c1nn(-c2ccc(C)cc2)c2cnccc12.Cc1ccc(-n2nc(N3CCCOCC3)c3ccncc32)cc1.Cc1ccc(-n2nc(N3CCNC(=O)C3)c3ccncc32)cc1.Cc1ccc(-n2nc(N3CCOC(CN)C3)c3ccncc32)cc1.Clc1ccc(-n2nc(N3CCNCC3)c3ccncc32)cc1.NC1CCN(c2nn(-c3ccc(Cl)cc3)c3cnccc23)CC1. The number of nitrogens with zero attached hydrogens (tertiary/aromatic N) is 24. The standard InChI is InChI=1S/C18H21N5O.C18H20N4O.C17H18ClN5.C17H17N5O.C17H20N4O.C16H16ClN5/c1-13-2-4-14(5-3-13)23-17-11-20-7-6-16(17)18(21-23)22-8-9-24-15(10-19)12-22;1-14-3-5-15(6-4-14)22-17-13-19-8-7-16(17)18(20-22)21-9-2-11-23-12-10-21;18-12-1-3-14(4-2-12)23-16-11-20-8-5-15(16)17(21-23)22-9-6-13(19)7-10-22;1-12-2-4-13(5-3-12)22-15-10-18-7-6-14(15)17(20-22)21-9-8-19-16(23)11-21;1-13-4-6-14(7-5-13)21-16-12-18-9-8-15(16)17(19-21)20(2)10-11-22-3;17-12-1-3-13(4-2-12)22-15-11-19-6-5-14(15)16(20-22)21-9-7-18-8-10-21/h2-7,11,15H,8-10,12,19H2,1H3;3-8,13H,2,9-12H2,1H3;1-5,8,11,13H,6-7,9-10,19H2;2-7,10H,8-9,11H2,1H3,(H,19,23);4-9,12H,10-11H2,1-3H3;1-6,11,18H,7-10H2. The van der Waals surface area contributed by atoms with Crippen LogP contribution >= 0.6 is 23.2 Å². The number of amides is 1. The molecule has 702 valence electrons. The molecule has 34 heteroatoms. The fraction of sp³-hybridized carbons (Fsp3) is 0.291. The molecular weight excluding hydrogens is 1760 g/mol. The number of hydrogen-bond acceptors (Lipinski definition) is 25. The summed E-state index contributed by atoms with van der Waals surface area (Å²) in [6.07, 6.45) is 25.1. The van der Waals surface area contributed by atoms with E-state index < -0.39 is 0 Å². The zero-order chi connectivity index (χ0) is 94.3. The largest absolute Gasteiger partial charge is 0.383 e. The van der Waals surface area contributed by atoms with Crippen LogP contribution in [0.2, 0.25) is 10.0 Å². The molecule has 1 amide bonds. The number of aryl methyl sites for hydroxylation is 4. The number of piperidine rings is 1. The number of anilines is 6. The Kier molecular flexibility index (Phi) is 29.6. The van der Waals surface area contributed by atoms with Crippen LogP contribution in [0, 0.1) is 27.7 Å². The number of halogens is 2. The molecule has 32 nitrogen and oxygen atoms in total. The average molecular weight is 1880 g/mol. The average Bonchev–Trinajstić information content (AvgIpc) is 1.64. The van der Waals surface area contributed by atoms with Crippen molar-refractivity contribution in [1.29, 1.82) is 0 Å². The number of nitrogens with two attached hydrogens (primary N) is 2. The van der Waals surface area contributed by atoms with Crippen LogP contribution < -0.4 is 51.5 Å². The van der Waals surface area contributed by atoms with Gasteiger partial charge >= 0.3 is 0 Å². The van der Waals surface area contributed by atoms with Crippen LogP contribution in [-0.4, -0.2) is 245 Å². The highest BCUT2D eigenvalue weighted by Gasteiger charge is 2.29. The normalized spacial score (nSPS) is 15.3. The van der Waals surface area contributed by atoms with E-state index >= 15 is 0 Å². The molecule has 0 bridgehead atoms. The van der Waals surface area contributed by atoms with E-state index in [1.54, 1.807) is 19.5 Å². The number of nitrogens with one attached hydrogen (secondary N) is 2. The molecule has 5 fully saturated rings. The van der Waals surface area contributed by atoms with Gasteiger partial charge in [0.25, 0.3) is 0 Å². The monoisotopic (exact) mass is 1870 g/mol.